The number of rotatable bonds is 4. The van der Waals surface area contributed by atoms with E-state index in [4.69, 9.17) is 0 Å². The highest BCUT2D eigenvalue weighted by Gasteiger charge is 2.33. The molecule has 1 aromatic heterocycles. The highest BCUT2D eigenvalue weighted by atomic mass is 32.1. The maximum atomic E-state index is 12.4. The molecule has 118 valence electrons. The quantitative estimate of drug-likeness (QED) is 0.919. The number of nitrogens with one attached hydrogen (secondary N) is 1. The van der Waals surface area contributed by atoms with Gasteiger partial charge in [-0.05, 0) is 37.3 Å². The number of piperidine rings is 1. The van der Waals surface area contributed by atoms with Crippen LogP contribution in [0.2, 0.25) is 0 Å². The Morgan fingerprint density at radius 3 is 2.95 bits per heavy atom. The highest BCUT2D eigenvalue weighted by Crippen LogP contribution is 2.20. The van der Waals surface area contributed by atoms with Gasteiger partial charge in [-0.3, -0.25) is 9.69 Å². The lowest BCUT2D eigenvalue weighted by Gasteiger charge is -2.33. The zero-order valence-electron chi connectivity index (χ0n) is 11.6. The Morgan fingerprint density at radius 1 is 1.52 bits per heavy atom. The average Bonchev–Trinajstić information content (AvgIpc) is 2.85. The Morgan fingerprint density at radius 2 is 2.29 bits per heavy atom. The molecule has 2 rings (SSSR count). The number of likely N-dealkylation sites (tertiary alicyclic amines) is 1. The minimum atomic E-state index is -4.21. The second-order valence-electron chi connectivity index (χ2n) is 5.07. The van der Waals surface area contributed by atoms with E-state index >= 15 is 0 Å². The lowest BCUT2D eigenvalue weighted by atomic mass is 10.1. The van der Waals surface area contributed by atoms with Crippen LogP contribution in [-0.4, -0.2) is 52.2 Å². The second kappa shape index (κ2) is 6.69. The Labute approximate surface area is 124 Å². The summed E-state index contributed by atoms with van der Waals surface area (Å²) >= 11 is 1.01. The van der Waals surface area contributed by atoms with Crippen molar-refractivity contribution in [3.63, 3.8) is 0 Å². The van der Waals surface area contributed by atoms with E-state index in [-0.39, 0.29) is 18.5 Å². The van der Waals surface area contributed by atoms with Crippen LogP contribution in [0.4, 0.5) is 13.2 Å². The molecule has 1 saturated heterocycles. The Balaban J connectivity index is 1.92. The van der Waals surface area contributed by atoms with Crippen LogP contribution in [-0.2, 0) is 6.42 Å². The fraction of sp³-hybridized carbons (Fsp3) is 0.750. The summed E-state index contributed by atoms with van der Waals surface area (Å²) in [6, 6.07) is -0.264. The van der Waals surface area contributed by atoms with Gasteiger partial charge in [-0.25, -0.2) is 0 Å². The second-order valence-corrected chi connectivity index (χ2v) is 5.82. The topological polar surface area (TPSA) is 58.1 Å². The SMILES string of the molecule is CCc1nnsc1C(=O)NC1CCCN(CC(F)(F)F)C1. The summed E-state index contributed by atoms with van der Waals surface area (Å²) in [5, 5.41) is 6.65. The minimum absolute atomic E-state index is 0.221. The molecule has 1 fully saturated rings. The van der Waals surface area contributed by atoms with Crippen LogP contribution in [0.25, 0.3) is 0 Å². The van der Waals surface area contributed by atoms with Crippen molar-refractivity contribution >= 4 is 17.4 Å². The van der Waals surface area contributed by atoms with E-state index in [1.807, 2.05) is 6.92 Å². The van der Waals surface area contributed by atoms with Crippen LogP contribution in [0.15, 0.2) is 0 Å². The van der Waals surface area contributed by atoms with E-state index in [1.165, 1.54) is 4.90 Å². The van der Waals surface area contributed by atoms with Crippen LogP contribution in [0.3, 0.4) is 0 Å². The number of amides is 1. The molecular weight excluding hydrogens is 305 g/mol. The molecule has 9 heteroatoms. The van der Waals surface area contributed by atoms with Crippen molar-refractivity contribution in [2.45, 2.75) is 38.4 Å². The fourth-order valence-electron chi connectivity index (χ4n) is 2.43. The predicted octanol–water partition coefficient (Wildman–Crippen LogP) is 1.86. The van der Waals surface area contributed by atoms with Crippen molar-refractivity contribution in [3.05, 3.63) is 10.6 Å². The predicted molar refractivity (Wildman–Crippen MR) is 72.3 cm³/mol. The van der Waals surface area contributed by atoms with Gasteiger partial charge in [0.25, 0.3) is 5.91 Å². The molecule has 1 amide bonds. The lowest BCUT2D eigenvalue weighted by molar-refractivity contribution is -0.148. The summed E-state index contributed by atoms with van der Waals surface area (Å²) in [4.78, 5) is 13.9. The summed E-state index contributed by atoms with van der Waals surface area (Å²) in [6.45, 7) is 1.58. The number of halogens is 3. The van der Waals surface area contributed by atoms with Crippen molar-refractivity contribution in [2.24, 2.45) is 0 Å². The first-order chi connectivity index (χ1) is 9.89. The summed E-state index contributed by atoms with van der Waals surface area (Å²) in [5.41, 5.74) is 0.625. The van der Waals surface area contributed by atoms with Crippen molar-refractivity contribution in [2.75, 3.05) is 19.6 Å². The van der Waals surface area contributed by atoms with Crippen molar-refractivity contribution in [3.8, 4) is 0 Å². The Hall–Kier alpha value is -1.22. The Kier molecular flexibility index (Phi) is 5.15. The molecule has 1 aliphatic heterocycles. The molecule has 0 spiro atoms. The Bertz CT molecular complexity index is 491. The van der Waals surface area contributed by atoms with Gasteiger partial charge in [0.1, 0.15) is 4.88 Å². The zero-order chi connectivity index (χ0) is 15.5. The van der Waals surface area contributed by atoms with Crippen LogP contribution >= 0.6 is 11.5 Å². The number of carbonyl (C=O) groups is 1. The molecule has 21 heavy (non-hydrogen) atoms. The maximum Gasteiger partial charge on any atom is 0.401 e. The minimum Gasteiger partial charge on any atom is -0.347 e. The number of aryl methyl sites for hydroxylation is 1. The van der Waals surface area contributed by atoms with E-state index in [2.05, 4.69) is 14.9 Å². The van der Waals surface area contributed by atoms with Gasteiger partial charge >= 0.3 is 6.18 Å². The first-order valence-electron chi connectivity index (χ1n) is 6.80. The molecule has 1 aromatic rings. The van der Waals surface area contributed by atoms with Crippen molar-refractivity contribution in [1.82, 2.24) is 19.8 Å². The first-order valence-corrected chi connectivity index (χ1v) is 7.57. The molecule has 1 atom stereocenters. The molecule has 1 unspecified atom stereocenters. The van der Waals surface area contributed by atoms with Gasteiger partial charge in [0, 0.05) is 12.6 Å². The van der Waals surface area contributed by atoms with E-state index in [9.17, 15) is 18.0 Å². The van der Waals surface area contributed by atoms with Gasteiger partial charge in [-0.2, -0.15) is 13.2 Å². The third-order valence-electron chi connectivity index (χ3n) is 3.34. The molecule has 0 bridgehead atoms. The number of alkyl halides is 3. The number of hydrogen-bond acceptors (Lipinski definition) is 5. The summed E-state index contributed by atoms with van der Waals surface area (Å²) in [7, 11) is 0. The van der Waals surface area contributed by atoms with Crippen molar-refractivity contribution < 1.29 is 18.0 Å². The normalized spacial score (nSPS) is 20.5. The van der Waals surface area contributed by atoms with Crippen LogP contribution < -0.4 is 5.32 Å². The van der Waals surface area contributed by atoms with Gasteiger partial charge in [-0.1, -0.05) is 11.4 Å². The van der Waals surface area contributed by atoms with E-state index in [0.29, 0.717) is 36.4 Å². The van der Waals surface area contributed by atoms with Gasteiger partial charge < -0.3 is 5.32 Å². The molecule has 0 aromatic carbocycles. The molecule has 0 saturated carbocycles. The van der Waals surface area contributed by atoms with E-state index in [1.54, 1.807) is 0 Å². The van der Waals surface area contributed by atoms with Crippen LogP contribution in [0.1, 0.15) is 35.1 Å². The zero-order valence-corrected chi connectivity index (χ0v) is 12.4. The molecule has 5 nitrogen and oxygen atoms in total. The summed E-state index contributed by atoms with van der Waals surface area (Å²) in [6.07, 6.45) is -2.27. The van der Waals surface area contributed by atoms with Crippen LogP contribution in [0.5, 0.6) is 0 Å². The lowest BCUT2D eigenvalue weighted by Crippen LogP contribution is -2.49. The van der Waals surface area contributed by atoms with Gasteiger partial charge in [-0.15, -0.1) is 5.10 Å². The van der Waals surface area contributed by atoms with Crippen LogP contribution in [0, 0.1) is 0 Å². The van der Waals surface area contributed by atoms with E-state index in [0.717, 1.165) is 11.5 Å². The molecule has 1 aliphatic rings. The number of carbonyl (C=O) groups excluding carboxylic acids is 1. The number of aromatic nitrogens is 2. The monoisotopic (exact) mass is 322 g/mol. The maximum absolute atomic E-state index is 12.4. The molecule has 0 radical (unpaired) electrons. The van der Waals surface area contributed by atoms with Gasteiger partial charge in [0.15, 0.2) is 0 Å². The molecule has 0 aliphatic carbocycles. The third kappa shape index (κ3) is 4.63. The fourth-order valence-corrected chi connectivity index (χ4v) is 3.09. The number of nitrogens with zero attached hydrogens (tertiary/aromatic N) is 3. The van der Waals surface area contributed by atoms with Gasteiger partial charge in [0.05, 0.1) is 12.2 Å². The standard InChI is InChI=1S/C12H17F3N4OS/c1-2-9-10(21-18-17-9)11(20)16-8-4-3-5-19(6-8)7-12(13,14)15/h8H,2-7H2,1H3,(H,16,20). The first kappa shape index (κ1) is 16.2. The van der Waals surface area contributed by atoms with Gasteiger partial charge in [0.2, 0.25) is 0 Å². The molecule has 1 N–H and O–H groups in total. The third-order valence-corrected chi connectivity index (χ3v) is 4.11. The molecular formula is C12H17F3N4OS. The highest BCUT2D eigenvalue weighted by molar-refractivity contribution is 7.08. The average molecular weight is 322 g/mol. The summed E-state index contributed by atoms with van der Waals surface area (Å²) in [5.74, 6) is -0.291. The summed E-state index contributed by atoms with van der Waals surface area (Å²) < 4.78 is 41.0. The smallest absolute Gasteiger partial charge is 0.347 e. The molecule has 2 heterocycles. The largest absolute Gasteiger partial charge is 0.401 e. The van der Waals surface area contributed by atoms with Crippen molar-refractivity contribution in [1.29, 1.82) is 0 Å². The number of hydrogen-bond donors (Lipinski definition) is 1. The van der Waals surface area contributed by atoms with E-state index < -0.39 is 12.7 Å².